The molecule has 0 aliphatic carbocycles. The number of hydrogen-bond donors (Lipinski definition) is 0. The number of carbonyl (C=O) groups excluding carboxylic acids is 1. The number of hydrogen-bond acceptors (Lipinski definition) is 3. The van der Waals surface area contributed by atoms with E-state index in [0.29, 0.717) is 17.8 Å². The summed E-state index contributed by atoms with van der Waals surface area (Å²) in [5.41, 5.74) is 1.85. The highest BCUT2D eigenvalue weighted by Gasteiger charge is 2.26. The number of aromatic nitrogens is 2. The normalized spacial score (nSPS) is 12.4. The third-order valence-corrected chi connectivity index (χ3v) is 3.71. The number of alkyl halides is 2. The van der Waals surface area contributed by atoms with Gasteiger partial charge in [0.1, 0.15) is 5.69 Å². The summed E-state index contributed by atoms with van der Waals surface area (Å²) in [5.74, 6) is -0.501. The summed E-state index contributed by atoms with van der Waals surface area (Å²) in [6.45, 7) is 1.53. The third kappa shape index (κ3) is 4.17. The molecule has 1 aromatic heterocycles. The first-order valence-corrected chi connectivity index (χ1v) is 7.61. The van der Waals surface area contributed by atoms with E-state index in [1.807, 2.05) is 38.1 Å². The van der Waals surface area contributed by atoms with Crippen molar-refractivity contribution in [3.8, 4) is 0 Å². The predicted molar refractivity (Wildman–Crippen MR) is 85.9 cm³/mol. The molecule has 24 heavy (non-hydrogen) atoms. The van der Waals surface area contributed by atoms with Crippen LogP contribution < -0.4 is 0 Å². The molecule has 0 aliphatic heterocycles. The Morgan fingerprint density at radius 3 is 2.75 bits per heavy atom. The summed E-state index contributed by atoms with van der Waals surface area (Å²) in [6, 6.07) is 8.75. The number of nitrogens with zero attached hydrogens (tertiary/aromatic N) is 3. The maximum atomic E-state index is 13.0. The van der Waals surface area contributed by atoms with E-state index >= 15 is 0 Å². The molecule has 1 aromatic carbocycles. The maximum absolute atomic E-state index is 13.0. The van der Waals surface area contributed by atoms with Crippen molar-refractivity contribution in [2.75, 3.05) is 13.7 Å². The van der Waals surface area contributed by atoms with Crippen molar-refractivity contribution in [2.24, 2.45) is 0 Å². The number of methoxy groups -OCH3 is 1. The van der Waals surface area contributed by atoms with E-state index in [0.717, 1.165) is 11.1 Å². The van der Waals surface area contributed by atoms with E-state index in [-0.39, 0.29) is 11.7 Å². The summed E-state index contributed by atoms with van der Waals surface area (Å²) in [4.78, 5) is 14.3. The second-order valence-corrected chi connectivity index (χ2v) is 5.67. The lowest BCUT2D eigenvalue weighted by Crippen LogP contribution is -2.41. The molecular weight excluding hydrogens is 316 g/mol. The van der Waals surface area contributed by atoms with Gasteiger partial charge < -0.3 is 9.64 Å². The maximum Gasteiger partial charge on any atom is 0.333 e. The SMILES string of the molecule is COC[C@H](C)N(Cc1cccc(C)c1)C(=O)c1ccnn1C(F)F. The fraction of sp³-hybridized carbons (Fsp3) is 0.412. The zero-order chi connectivity index (χ0) is 17.7. The molecule has 1 amide bonds. The lowest BCUT2D eigenvalue weighted by atomic mass is 10.1. The van der Waals surface area contributed by atoms with Gasteiger partial charge in [0, 0.05) is 19.9 Å². The zero-order valence-corrected chi connectivity index (χ0v) is 13.9. The summed E-state index contributed by atoms with van der Waals surface area (Å²) < 4.78 is 31.6. The third-order valence-electron chi connectivity index (χ3n) is 3.71. The summed E-state index contributed by atoms with van der Waals surface area (Å²) in [6.07, 6.45) is 1.20. The molecular formula is C17H21F2N3O2. The summed E-state index contributed by atoms with van der Waals surface area (Å²) in [7, 11) is 1.54. The molecule has 1 atom stereocenters. The number of rotatable bonds is 7. The molecule has 0 saturated carbocycles. The zero-order valence-electron chi connectivity index (χ0n) is 13.9. The van der Waals surface area contributed by atoms with Crippen molar-refractivity contribution in [1.82, 2.24) is 14.7 Å². The highest BCUT2D eigenvalue weighted by atomic mass is 19.3. The molecule has 0 radical (unpaired) electrons. The van der Waals surface area contributed by atoms with Gasteiger partial charge in [-0.25, -0.2) is 0 Å². The Morgan fingerprint density at radius 2 is 2.12 bits per heavy atom. The van der Waals surface area contributed by atoms with Crippen LogP contribution in [0.4, 0.5) is 8.78 Å². The van der Waals surface area contributed by atoms with Crippen LogP contribution in [0.25, 0.3) is 0 Å². The highest BCUT2D eigenvalue weighted by Crippen LogP contribution is 2.18. The molecule has 0 aliphatic rings. The van der Waals surface area contributed by atoms with Crippen molar-refractivity contribution < 1.29 is 18.3 Å². The van der Waals surface area contributed by atoms with Gasteiger partial charge in [-0.3, -0.25) is 4.79 Å². The molecule has 1 heterocycles. The Balaban J connectivity index is 2.31. The number of ether oxygens (including phenoxy) is 1. The largest absolute Gasteiger partial charge is 0.383 e. The highest BCUT2D eigenvalue weighted by molar-refractivity contribution is 5.92. The van der Waals surface area contributed by atoms with Crippen molar-refractivity contribution >= 4 is 5.91 Å². The Hall–Kier alpha value is -2.28. The molecule has 0 saturated heterocycles. The quantitative estimate of drug-likeness (QED) is 0.779. The Bertz CT molecular complexity index is 688. The summed E-state index contributed by atoms with van der Waals surface area (Å²) >= 11 is 0. The van der Waals surface area contributed by atoms with Crippen molar-refractivity contribution in [1.29, 1.82) is 0 Å². The van der Waals surface area contributed by atoms with Gasteiger partial charge in [-0.15, -0.1) is 0 Å². The molecule has 5 nitrogen and oxygen atoms in total. The minimum Gasteiger partial charge on any atom is -0.383 e. The van der Waals surface area contributed by atoms with Crippen LogP contribution in [0.5, 0.6) is 0 Å². The molecule has 2 rings (SSSR count). The van der Waals surface area contributed by atoms with E-state index in [1.165, 1.54) is 24.3 Å². The van der Waals surface area contributed by atoms with Crippen LogP contribution in [0, 0.1) is 6.92 Å². The van der Waals surface area contributed by atoms with Crippen LogP contribution in [0.2, 0.25) is 0 Å². The van der Waals surface area contributed by atoms with Crippen LogP contribution in [0.1, 0.15) is 35.1 Å². The average Bonchev–Trinajstić information content (AvgIpc) is 3.02. The van der Waals surface area contributed by atoms with E-state index in [1.54, 1.807) is 0 Å². The number of halogens is 2. The van der Waals surface area contributed by atoms with Crippen LogP contribution in [-0.2, 0) is 11.3 Å². The van der Waals surface area contributed by atoms with Crippen molar-refractivity contribution in [3.05, 3.63) is 53.3 Å². The van der Waals surface area contributed by atoms with Crippen LogP contribution >= 0.6 is 0 Å². The molecule has 2 aromatic rings. The summed E-state index contributed by atoms with van der Waals surface area (Å²) in [5, 5.41) is 3.53. The first-order chi connectivity index (χ1) is 11.4. The van der Waals surface area contributed by atoms with Crippen molar-refractivity contribution in [2.45, 2.75) is 33.0 Å². The van der Waals surface area contributed by atoms with Gasteiger partial charge in [0.2, 0.25) is 0 Å². The van der Waals surface area contributed by atoms with Gasteiger partial charge in [-0.1, -0.05) is 29.8 Å². The van der Waals surface area contributed by atoms with E-state index < -0.39 is 12.5 Å². The monoisotopic (exact) mass is 337 g/mol. The van der Waals surface area contributed by atoms with E-state index in [9.17, 15) is 13.6 Å². The van der Waals surface area contributed by atoms with Gasteiger partial charge >= 0.3 is 6.55 Å². The van der Waals surface area contributed by atoms with Gasteiger partial charge in [0.15, 0.2) is 0 Å². The van der Waals surface area contributed by atoms with E-state index in [2.05, 4.69) is 5.10 Å². The topological polar surface area (TPSA) is 47.4 Å². The molecule has 130 valence electrons. The minimum absolute atomic E-state index is 0.138. The smallest absolute Gasteiger partial charge is 0.333 e. The first kappa shape index (κ1) is 18.1. The predicted octanol–water partition coefficient (Wildman–Crippen LogP) is 3.26. The molecule has 0 unspecified atom stereocenters. The lowest BCUT2D eigenvalue weighted by molar-refractivity contribution is 0.0385. The first-order valence-electron chi connectivity index (χ1n) is 7.61. The Labute approximate surface area is 139 Å². The standard InChI is InChI=1S/C17H21F2N3O2/c1-12-5-4-6-14(9-12)10-21(13(2)11-24-3)16(23)15-7-8-20-22(15)17(18)19/h4-9,13,17H,10-11H2,1-3H3/t13-/m0/s1. The number of amides is 1. The van der Waals surface area contributed by atoms with Crippen molar-refractivity contribution in [3.63, 3.8) is 0 Å². The van der Waals surface area contributed by atoms with Crippen LogP contribution in [-0.4, -0.2) is 40.3 Å². The van der Waals surface area contributed by atoms with Gasteiger partial charge in [-0.05, 0) is 25.5 Å². The molecule has 0 N–H and O–H groups in total. The molecule has 0 fully saturated rings. The fourth-order valence-corrected chi connectivity index (χ4v) is 2.55. The number of aryl methyl sites for hydroxylation is 1. The minimum atomic E-state index is -2.86. The fourth-order valence-electron chi connectivity index (χ4n) is 2.55. The molecule has 0 bridgehead atoms. The second-order valence-electron chi connectivity index (χ2n) is 5.67. The Morgan fingerprint density at radius 1 is 1.38 bits per heavy atom. The molecule has 7 heteroatoms. The van der Waals surface area contributed by atoms with E-state index in [4.69, 9.17) is 4.74 Å². The van der Waals surface area contributed by atoms with Gasteiger partial charge in [-0.2, -0.15) is 18.6 Å². The van der Waals surface area contributed by atoms with Gasteiger partial charge in [0.25, 0.3) is 5.91 Å². The Kier molecular flexibility index (Phi) is 6.03. The average molecular weight is 337 g/mol. The van der Waals surface area contributed by atoms with Crippen LogP contribution in [0.3, 0.4) is 0 Å². The number of benzene rings is 1. The van der Waals surface area contributed by atoms with Gasteiger partial charge in [0.05, 0.1) is 12.6 Å². The number of carbonyl (C=O) groups is 1. The van der Waals surface area contributed by atoms with Crippen LogP contribution in [0.15, 0.2) is 36.5 Å². The lowest BCUT2D eigenvalue weighted by Gasteiger charge is -2.29. The molecule has 0 spiro atoms. The second kappa shape index (κ2) is 8.01.